The zero-order chi connectivity index (χ0) is 9.97. The van der Waals surface area contributed by atoms with Crippen LogP contribution in [0.25, 0.3) is 0 Å². The predicted molar refractivity (Wildman–Crippen MR) is 61.1 cm³/mol. The smallest absolute Gasteiger partial charge is 0.0313 e. The lowest BCUT2D eigenvalue weighted by atomic mass is 9.82. The van der Waals surface area contributed by atoms with E-state index in [-0.39, 0.29) is 0 Å². The quantitative estimate of drug-likeness (QED) is 0.838. The Bertz CT molecular complexity index is 314. The van der Waals surface area contributed by atoms with Gasteiger partial charge in [0.25, 0.3) is 0 Å². The summed E-state index contributed by atoms with van der Waals surface area (Å²) in [5, 5.41) is 0. The fraction of sp³-hybridized carbons (Fsp3) is 0.545. The van der Waals surface area contributed by atoms with Gasteiger partial charge in [-0.2, -0.15) is 0 Å². The molecule has 1 aromatic heterocycles. The molecule has 0 aliphatic heterocycles. The Kier molecular flexibility index (Phi) is 3.19. The van der Waals surface area contributed by atoms with Crippen molar-refractivity contribution in [2.24, 2.45) is 5.73 Å². The van der Waals surface area contributed by atoms with Crippen LogP contribution in [0.1, 0.15) is 37.2 Å². The fourth-order valence-electron chi connectivity index (χ4n) is 2.20. The van der Waals surface area contributed by atoms with Gasteiger partial charge in [-0.15, -0.1) is 0 Å². The monoisotopic (exact) mass is 254 g/mol. The van der Waals surface area contributed by atoms with Crippen LogP contribution in [0.5, 0.6) is 0 Å². The molecule has 1 aliphatic carbocycles. The zero-order valence-electron chi connectivity index (χ0n) is 8.12. The molecule has 1 aliphatic rings. The van der Waals surface area contributed by atoms with Crippen LogP contribution in [0.3, 0.4) is 0 Å². The number of hydrogen-bond acceptors (Lipinski definition) is 2. The molecule has 3 heteroatoms. The summed E-state index contributed by atoms with van der Waals surface area (Å²) in [5.41, 5.74) is 7.30. The highest BCUT2D eigenvalue weighted by atomic mass is 79.9. The molecule has 1 fully saturated rings. The van der Waals surface area contributed by atoms with Crippen LogP contribution in [0.15, 0.2) is 22.9 Å². The number of nitrogens with zero attached hydrogens (tertiary/aromatic N) is 1. The Labute approximate surface area is 93.0 Å². The minimum absolute atomic E-state index is 0.376. The molecule has 2 N–H and O–H groups in total. The largest absolute Gasteiger partial charge is 0.328 e. The summed E-state index contributed by atoms with van der Waals surface area (Å²) in [4.78, 5) is 4.17. The third kappa shape index (κ3) is 2.15. The van der Waals surface area contributed by atoms with Gasteiger partial charge in [0, 0.05) is 22.9 Å². The first-order chi connectivity index (χ1) is 6.77. The average molecular weight is 255 g/mol. The number of halogens is 1. The molecule has 14 heavy (non-hydrogen) atoms. The van der Waals surface area contributed by atoms with E-state index in [2.05, 4.69) is 20.9 Å². The van der Waals surface area contributed by atoms with E-state index in [0.717, 1.165) is 6.42 Å². The van der Waals surface area contributed by atoms with E-state index in [1.807, 2.05) is 18.5 Å². The van der Waals surface area contributed by atoms with Gasteiger partial charge < -0.3 is 5.73 Å². The van der Waals surface area contributed by atoms with Gasteiger partial charge in [-0.3, -0.25) is 4.98 Å². The Morgan fingerprint density at radius 2 is 2.29 bits per heavy atom. The average Bonchev–Trinajstić information content (AvgIpc) is 2.18. The summed E-state index contributed by atoms with van der Waals surface area (Å²) in [7, 11) is 0. The SMILES string of the molecule is NC1CCCC(c2cnccc2Br)C1. The Balaban J connectivity index is 2.18. The van der Waals surface area contributed by atoms with Gasteiger partial charge in [0.15, 0.2) is 0 Å². The molecule has 1 aromatic rings. The first-order valence-corrected chi connectivity index (χ1v) is 5.91. The molecule has 2 unspecified atom stereocenters. The van der Waals surface area contributed by atoms with E-state index in [4.69, 9.17) is 5.73 Å². The highest BCUT2D eigenvalue weighted by molar-refractivity contribution is 9.10. The van der Waals surface area contributed by atoms with Gasteiger partial charge in [0.05, 0.1) is 0 Å². The molecule has 0 radical (unpaired) electrons. The van der Waals surface area contributed by atoms with Crippen LogP contribution >= 0.6 is 15.9 Å². The van der Waals surface area contributed by atoms with Crippen molar-refractivity contribution >= 4 is 15.9 Å². The highest BCUT2D eigenvalue weighted by Gasteiger charge is 2.22. The van der Waals surface area contributed by atoms with E-state index in [1.54, 1.807) is 0 Å². The Morgan fingerprint density at radius 3 is 3.00 bits per heavy atom. The van der Waals surface area contributed by atoms with Gasteiger partial charge in [0.1, 0.15) is 0 Å². The van der Waals surface area contributed by atoms with Crippen molar-refractivity contribution in [2.75, 3.05) is 0 Å². The van der Waals surface area contributed by atoms with Crippen LogP contribution in [0.4, 0.5) is 0 Å². The van der Waals surface area contributed by atoms with Crippen LogP contribution in [0.2, 0.25) is 0 Å². The third-order valence-electron chi connectivity index (χ3n) is 2.95. The normalized spacial score (nSPS) is 27.6. The Hall–Kier alpha value is -0.410. The summed E-state index contributed by atoms with van der Waals surface area (Å²) in [6.07, 6.45) is 8.55. The molecule has 2 atom stereocenters. The van der Waals surface area contributed by atoms with E-state index in [1.165, 1.54) is 29.3 Å². The van der Waals surface area contributed by atoms with Gasteiger partial charge in [-0.05, 0) is 36.8 Å². The number of aromatic nitrogens is 1. The molecule has 2 rings (SSSR count). The molecule has 0 aromatic carbocycles. The number of pyridine rings is 1. The second kappa shape index (κ2) is 4.41. The van der Waals surface area contributed by atoms with Crippen LogP contribution in [-0.4, -0.2) is 11.0 Å². The third-order valence-corrected chi connectivity index (χ3v) is 3.67. The second-order valence-corrected chi connectivity index (χ2v) is 4.88. The fourth-order valence-corrected chi connectivity index (χ4v) is 2.74. The van der Waals surface area contributed by atoms with Crippen molar-refractivity contribution in [3.8, 4) is 0 Å². The molecule has 0 spiro atoms. The van der Waals surface area contributed by atoms with Gasteiger partial charge >= 0.3 is 0 Å². The molecule has 2 nitrogen and oxygen atoms in total. The summed E-state index contributed by atoms with van der Waals surface area (Å²) in [5.74, 6) is 0.599. The second-order valence-electron chi connectivity index (χ2n) is 4.02. The zero-order valence-corrected chi connectivity index (χ0v) is 9.70. The lowest BCUT2D eigenvalue weighted by molar-refractivity contribution is 0.392. The molecule has 76 valence electrons. The van der Waals surface area contributed by atoms with Gasteiger partial charge in [-0.25, -0.2) is 0 Å². The molecule has 0 amide bonds. The lowest BCUT2D eigenvalue weighted by Gasteiger charge is -2.27. The minimum atomic E-state index is 0.376. The topological polar surface area (TPSA) is 38.9 Å². The molecule has 0 bridgehead atoms. The van der Waals surface area contributed by atoms with E-state index in [0.29, 0.717) is 12.0 Å². The van der Waals surface area contributed by atoms with Crippen molar-refractivity contribution < 1.29 is 0 Å². The summed E-state index contributed by atoms with van der Waals surface area (Å²) < 4.78 is 1.17. The van der Waals surface area contributed by atoms with Gasteiger partial charge in [0.2, 0.25) is 0 Å². The number of nitrogens with two attached hydrogens (primary N) is 1. The predicted octanol–water partition coefficient (Wildman–Crippen LogP) is 2.83. The van der Waals surface area contributed by atoms with Crippen LogP contribution < -0.4 is 5.73 Å². The number of rotatable bonds is 1. The van der Waals surface area contributed by atoms with Crippen LogP contribution in [0, 0.1) is 0 Å². The van der Waals surface area contributed by atoms with Crippen molar-refractivity contribution in [2.45, 2.75) is 37.6 Å². The highest BCUT2D eigenvalue weighted by Crippen LogP contribution is 2.35. The van der Waals surface area contributed by atoms with E-state index >= 15 is 0 Å². The van der Waals surface area contributed by atoms with E-state index < -0.39 is 0 Å². The van der Waals surface area contributed by atoms with E-state index in [9.17, 15) is 0 Å². The maximum atomic E-state index is 5.98. The number of hydrogen-bond donors (Lipinski definition) is 1. The first-order valence-electron chi connectivity index (χ1n) is 5.12. The van der Waals surface area contributed by atoms with Crippen molar-refractivity contribution in [3.63, 3.8) is 0 Å². The minimum Gasteiger partial charge on any atom is -0.328 e. The maximum Gasteiger partial charge on any atom is 0.0313 e. The standard InChI is InChI=1S/C11H15BrN2/c12-11-4-5-14-7-10(11)8-2-1-3-9(13)6-8/h4-5,7-9H,1-3,6,13H2. The summed E-state index contributed by atoms with van der Waals surface area (Å²) >= 11 is 3.57. The molecule has 0 saturated heterocycles. The molecule has 1 saturated carbocycles. The van der Waals surface area contributed by atoms with Crippen molar-refractivity contribution in [1.29, 1.82) is 0 Å². The van der Waals surface area contributed by atoms with Gasteiger partial charge in [-0.1, -0.05) is 22.4 Å². The van der Waals surface area contributed by atoms with Crippen molar-refractivity contribution in [1.82, 2.24) is 4.98 Å². The Morgan fingerprint density at radius 1 is 1.43 bits per heavy atom. The lowest BCUT2D eigenvalue weighted by Crippen LogP contribution is -2.27. The summed E-state index contributed by atoms with van der Waals surface area (Å²) in [6.45, 7) is 0. The summed E-state index contributed by atoms with van der Waals surface area (Å²) in [6, 6.07) is 2.39. The first kappa shape index (κ1) is 10.1. The van der Waals surface area contributed by atoms with Crippen molar-refractivity contribution in [3.05, 3.63) is 28.5 Å². The molecular weight excluding hydrogens is 240 g/mol. The van der Waals surface area contributed by atoms with Crippen LogP contribution in [-0.2, 0) is 0 Å². The molecular formula is C11H15BrN2. The maximum absolute atomic E-state index is 5.98. The molecule has 1 heterocycles.